The minimum Gasteiger partial charge on any atom is -0.507 e. The molecule has 2 N–H and O–H groups in total. The van der Waals surface area contributed by atoms with Crippen LogP contribution in [-0.4, -0.2) is 31.2 Å². The molecule has 0 unspecified atom stereocenters. The third kappa shape index (κ3) is 4.18. The Morgan fingerprint density at radius 1 is 1.04 bits per heavy atom. The number of rotatable bonds is 4. The molecule has 2 aromatic rings. The van der Waals surface area contributed by atoms with E-state index in [-0.39, 0.29) is 16.2 Å². The maximum absolute atomic E-state index is 11.5. The van der Waals surface area contributed by atoms with Gasteiger partial charge in [-0.1, -0.05) is 30.4 Å². The monoisotopic (exact) mass is 334 g/mol. The van der Waals surface area contributed by atoms with Crippen molar-refractivity contribution in [2.45, 2.75) is 4.90 Å². The Bertz CT molecular complexity index is 851. The van der Waals surface area contributed by atoms with E-state index >= 15 is 0 Å². The van der Waals surface area contributed by atoms with Gasteiger partial charge in [-0.25, -0.2) is 4.79 Å². The number of phenolic OH excluding ortho intramolecular Hbond substituents is 1. The van der Waals surface area contributed by atoms with Crippen LogP contribution >= 0.6 is 0 Å². The molecule has 23 heavy (non-hydrogen) atoms. The molecule has 0 amide bonds. The number of hydrogen-bond donors (Lipinski definition) is 2. The minimum absolute atomic E-state index is 0.0522. The smallest absolute Gasteiger partial charge is 0.341 e. The molecule has 0 aliphatic heterocycles. The van der Waals surface area contributed by atoms with E-state index in [1.54, 1.807) is 18.2 Å². The van der Waals surface area contributed by atoms with Crippen LogP contribution in [0.2, 0.25) is 0 Å². The normalized spacial score (nSPS) is 11.6. The Balaban J connectivity index is 2.25. The summed E-state index contributed by atoms with van der Waals surface area (Å²) in [5, 5.41) is 9.62. The van der Waals surface area contributed by atoms with Gasteiger partial charge in [-0.05, 0) is 35.4 Å². The third-order valence-electron chi connectivity index (χ3n) is 3.07. The molecule has 0 fully saturated rings. The Morgan fingerprint density at radius 3 is 2.17 bits per heavy atom. The third-order valence-corrected chi connectivity index (χ3v) is 3.94. The zero-order valence-electron chi connectivity index (χ0n) is 12.1. The molecule has 2 rings (SSSR count). The number of hydrogen-bond acceptors (Lipinski definition) is 5. The molecule has 0 heterocycles. The zero-order chi connectivity index (χ0) is 17.0. The minimum atomic E-state index is -4.21. The highest BCUT2D eigenvalue weighted by molar-refractivity contribution is 7.85. The molecule has 0 saturated carbocycles. The maximum Gasteiger partial charge on any atom is 0.341 e. The number of methoxy groups -OCH3 is 1. The van der Waals surface area contributed by atoms with Crippen molar-refractivity contribution in [3.63, 3.8) is 0 Å². The highest BCUT2D eigenvalue weighted by Crippen LogP contribution is 2.21. The molecular weight excluding hydrogens is 320 g/mol. The fourth-order valence-electron chi connectivity index (χ4n) is 1.87. The van der Waals surface area contributed by atoms with Crippen LogP contribution in [0.3, 0.4) is 0 Å². The van der Waals surface area contributed by atoms with Crippen molar-refractivity contribution in [3.8, 4) is 5.75 Å². The highest BCUT2D eigenvalue weighted by atomic mass is 32.2. The maximum atomic E-state index is 11.5. The van der Waals surface area contributed by atoms with Gasteiger partial charge in [0.05, 0.1) is 12.0 Å². The lowest BCUT2D eigenvalue weighted by Crippen LogP contribution is -2.01. The second-order valence-corrected chi connectivity index (χ2v) is 6.07. The number of aromatic hydroxyl groups is 1. The Morgan fingerprint density at radius 2 is 1.61 bits per heavy atom. The van der Waals surface area contributed by atoms with Gasteiger partial charge in [0.2, 0.25) is 0 Å². The van der Waals surface area contributed by atoms with E-state index in [0.29, 0.717) is 11.1 Å². The van der Waals surface area contributed by atoms with Crippen molar-refractivity contribution >= 4 is 28.2 Å². The molecule has 7 heteroatoms. The largest absolute Gasteiger partial charge is 0.507 e. The molecule has 0 aliphatic carbocycles. The van der Waals surface area contributed by atoms with E-state index in [1.807, 2.05) is 0 Å². The van der Waals surface area contributed by atoms with E-state index in [1.165, 1.54) is 43.5 Å². The second-order valence-electron chi connectivity index (χ2n) is 4.65. The first-order chi connectivity index (χ1) is 10.8. The number of carbonyl (C=O) groups is 1. The Hall–Kier alpha value is -2.64. The van der Waals surface area contributed by atoms with Crippen molar-refractivity contribution in [1.82, 2.24) is 0 Å². The van der Waals surface area contributed by atoms with Gasteiger partial charge in [-0.3, -0.25) is 4.55 Å². The first kappa shape index (κ1) is 16.7. The number of phenols is 1. The second kappa shape index (κ2) is 6.64. The summed E-state index contributed by atoms with van der Waals surface area (Å²) in [6.07, 6.45) is 3.38. The number of benzene rings is 2. The molecule has 0 radical (unpaired) electrons. The van der Waals surface area contributed by atoms with Crippen molar-refractivity contribution in [2.75, 3.05) is 7.11 Å². The van der Waals surface area contributed by atoms with Gasteiger partial charge in [-0.2, -0.15) is 8.42 Å². The number of ether oxygens (including phenoxy) is 1. The van der Waals surface area contributed by atoms with Gasteiger partial charge >= 0.3 is 5.97 Å². The van der Waals surface area contributed by atoms with Crippen molar-refractivity contribution in [1.29, 1.82) is 0 Å². The average molecular weight is 334 g/mol. The highest BCUT2D eigenvalue weighted by Gasteiger charge is 2.11. The predicted octanol–water partition coefficient (Wildman–Crippen LogP) is 2.60. The predicted molar refractivity (Wildman–Crippen MR) is 84.6 cm³/mol. The van der Waals surface area contributed by atoms with Crippen LogP contribution in [0.5, 0.6) is 5.75 Å². The van der Waals surface area contributed by atoms with Crippen LogP contribution in [0.25, 0.3) is 12.2 Å². The standard InChI is InChI=1S/C16H14O6S/c1-22-16(18)14-10-12(6-9-15(14)17)3-2-11-4-7-13(8-5-11)23(19,20)21/h2-10,17H,1H3,(H,19,20,21). The van der Waals surface area contributed by atoms with E-state index in [2.05, 4.69) is 4.74 Å². The molecule has 0 bridgehead atoms. The van der Waals surface area contributed by atoms with Gasteiger partial charge in [0.1, 0.15) is 11.3 Å². The molecule has 0 aliphatic rings. The summed E-state index contributed by atoms with van der Waals surface area (Å²) in [5.41, 5.74) is 1.41. The summed E-state index contributed by atoms with van der Waals surface area (Å²) in [7, 11) is -2.99. The number of esters is 1. The van der Waals surface area contributed by atoms with E-state index in [4.69, 9.17) is 4.55 Å². The summed E-state index contributed by atoms with van der Waals surface area (Å²) in [6, 6.07) is 10.1. The molecule has 6 nitrogen and oxygen atoms in total. The number of carbonyl (C=O) groups excluding carboxylic acids is 1. The summed E-state index contributed by atoms with van der Waals surface area (Å²) < 4.78 is 35.4. The molecule has 0 saturated heterocycles. The Kier molecular flexibility index (Phi) is 4.83. The van der Waals surface area contributed by atoms with Crippen molar-refractivity contribution < 1.29 is 27.6 Å². The topological polar surface area (TPSA) is 101 Å². The van der Waals surface area contributed by atoms with Gasteiger partial charge < -0.3 is 9.84 Å². The quantitative estimate of drug-likeness (QED) is 0.506. The molecule has 0 spiro atoms. The summed E-state index contributed by atoms with van der Waals surface area (Å²) >= 11 is 0. The summed E-state index contributed by atoms with van der Waals surface area (Å²) in [6.45, 7) is 0. The fourth-order valence-corrected chi connectivity index (χ4v) is 2.35. The zero-order valence-corrected chi connectivity index (χ0v) is 12.9. The molecule has 120 valence electrons. The van der Waals surface area contributed by atoms with Gasteiger partial charge in [-0.15, -0.1) is 0 Å². The molecule has 0 aromatic heterocycles. The fraction of sp³-hybridized carbons (Fsp3) is 0.0625. The summed E-state index contributed by atoms with van der Waals surface area (Å²) in [4.78, 5) is 11.3. The lowest BCUT2D eigenvalue weighted by Gasteiger charge is -2.03. The average Bonchev–Trinajstić information content (AvgIpc) is 2.53. The van der Waals surface area contributed by atoms with Crippen LogP contribution in [0.1, 0.15) is 21.5 Å². The van der Waals surface area contributed by atoms with Gasteiger partial charge in [0.15, 0.2) is 0 Å². The first-order valence-corrected chi connectivity index (χ1v) is 7.92. The van der Waals surface area contributed by atoms with Gasteiger partial charge in [0, 0.05) is 0 Å². The van der Waals surface area contributed by atoms with E-state index in [9.17, 15) is 18.3 Å². The van der Waals surface area contributed by atoms with E-state index < -0.39 is 16.1 Å². The van der Waals surface area contributed by atoms with Crippen LogP contribution in [-0.2, 0) is 14.9 Å². The van der Waals surface area contributed by atoms with Crippen LogP contribution in [0, 0.1) is 0 Å². The lowest BCUT2D eigenvalue weighted by atomic mass is 10.1. The molecule has 2 aromatic carbocycles. The van der Waals surface area contributed by atoms with Gasteiger partial charge in [0.25, 0.3) is 10.1 Å². The van der Waals surface area contributed by atoms with E-state index in [0.717, 1.165) is 0 Å². The molecular formula is C16H14O6S. The summed E-state index contributed by atoms with van der Waals surface area (Å²) in [5.74, 6) is -0.818. The first-order valence-electron chi connectivity index (χ1n) is 6.48. The van der Waals surface area contributed by atoms with Crippen molar-refractivity contribution in [2.24, 2.45) is 0 Å². The lowest BCUT2D eigenvalue weighted by molar-refractivity contribution is 0.0597. The van der Waals surface area contributed by atoms with Crippen LogP contribution in [0.15, 0.2) is 47.4 Å². The SMILES string of the molecule is COC(=O)c1cc(C=Cc2ccc(S(=O)(=O)O)cc2)ccc1O. The Labute approximate surface area is 133 Å². The van der Waals surface area contributed by atoms with Crippen molar-refractivity contribution in [3.05, 3.63) is 59.2 Å². The van der Waals surface area contributed by atoms with Crippen LogP contribution < -0.4 is 0 Å². The van der Waals surface area contributed by atoms with Crippen LogP contribution in [0.4, 0.5) is 0 Å². The molecule has 0 atom stereocenters.